The summed E-state index contributed by atoms with van der Waals surface area (Å²) in [6, 6.07) is 0.526. The molecule has 1 unspecified atom stereocenters. The first-order chi connectivity index (χ1) is 14.1. The largest absolute Gasteiger partial charge is 0.464 e. The fourth-order valence-electron chi connectivity index (χ4n) is 2.93. The molecule has 0 fully saturated rings. The van der Waals surface area contributed by atoms with Crippen LogP contribution in [0, 0.1) is 11.7 Å². The van der Waals surface area contributed by atoms with Crippen LogP contribution in [0.15, 0.2) is 18.2 Å². The summed E-state index contributed by atoms with van der Waals surface area (Å²) >= 11 is 0. The van der Waals surface area contributed by atoms with Gasteiger partial charge in [-0.1, -0.05) is 59.3 Å². The summed E-state index contributed by atoms with van der Waals surface area (Å²) in [7, 11) is 0. The SMILES string of the molecule is CCCCCCCCCOC(=O)C(NC(=O)c1cc(F)cc(C(F)(F)F)c1)C(C)C. The summed E-state index contributed by atoms with van der Waals surface area (Å²) in [5.74, 6) is -3.16. The number of nitrogens with one attached hydrogen (secondary N) is 1. The Bertz CT molecular complexity index is 689. The lowest BCUT2D eigenvalue weighted by atomic mass is 10.0. The molecule has 0 bridgehead atoms. The highest BCUT2D eigenvalue weighted by Crippen LogP contribution is 2.30. The number of alkyl halides is 3. The highest BCUT2D eigenvalue weighted by atomic mass is 19.4. The number of benzene rings is 1. The number of amides is 1. The van der Waals surface area contributed by atoms with Crippen LogP contribution in [0.25, 0.3) is 0 Å². The van der Waals surface area contributed by atoms with Crippen LogP contribution in [0.4, 0.5) is 17.6 Å². The summed E-state index contributed by atoms with van der Waals surface area (Å²) < 4.78 is 57.3. The predicted octanol–water partition coefficient (Wildman–Crippen LogP) is 5.89. The molecule has 0 aliphatic carbocycles. The average Bonchev–Trinajstić information content (AvgIpc) is 2.66. The van der Waals surface area contributed by atoms with Crippen molar-refractivity contribution >= 4 is 11.9 Å². The molecule has 0 aliphatic heterocycles. The van der Waals surface area contributed by atoms with Crippen LogP contribution in [-0.2, 0) is 15.7 Å². The molecule has 1 N–H and O–H groups in total. The van der Waals surface area contributed by atoms with Crippen molar-refractivity contribution in [2.45, 2.75) is 77.9 Å². The Morgan fingerprint density at radius 3 is 2.17 bits per heavy atom. The topological polar surface area (TPSA) is 55.4 Å². The second kappa shape index (κ2) is 12.5. The predicted molar refractivity (Wildman–Crippen MR) is 106 cm³/mol. The van der Waals surface area contributed by atoms with Crippen LogP contribution in [0.3, 0.4) is 0 Å². The fourth-order valence-corrected chi connectivity index (χ4v) is 2.93. The van der Waals surface area contributed by atoms with Gasteiger partial charge < -0.3 is 10.1 Å². The third-order valence-electron chi connectivity index (χ3n) is 4.69. The van der Waals surface area contributed by atoms with Gasteiger partial charge in [0.2, 0.25) is 0 Å². The van der Waals surface area contributed by atoms with Crippen LogP contribution < -0.4 is 5.32 Å². The highest BCUT2D eigenvalue weighted by Gasteiger charge is 2.33. The molecule has 170 valence electrons. The number of hydrogen-bond acceptors (Lipinski definition) is 3. The number of carbonyl (C=O) groups excluding carboxylic acids is 2. The molecule has 0 radical (unpaired) electrons. The van der Waals surface area contributed by atoms with Crippen molar-refractivity contribution in [1.82, 2.24) is 5.32 Å². The second-order valence-electron chi connectivity index (χ2n) is 7.71. The van der Waals surface area contributed by atoms with Gasteiger partial charge in [0.15, 0.2) is 0 Å². The van der Waals surface area contributed by atoms with Gasteiger partial charge in [0.1, 0.15) is 11.9 Å². The summed E-state index contributed by atoms with van der Waals surface area (Å²) in [6.45, 7) is 5.70. The van der Waals surface area contributed by atoms with Crippen LogP contribution in [0.1, 0.15) is 81.6 Å². The van der Waals surface area contributed by atoms with Gasteiger partial charge in [0.25, 0.3) is 5.91 Å². The molecule has 0 spiro atoms. The van der Waals surface area contributed by atoms with Crippen molar-refractivity contribution in [3.8, 4) is 0 Å². The second-order valence-corrected chi connectivity index (χ2v) is 7.71. The Kier molecular flexibility index (Phi) is 10.8. The number of carbonyl (C=O) groups is 2. The highest BCUT2D eigenvalue weighted by molar-refractivity contribution is 5.97. The lowest BCUT2D eigenvalue weighted by molar-refractivity contribution is -0.147. The number of esters is 1. The zero-order chi connectivity index (χ0) is 22.7. The van der Waals surface area contributed by atoms with E-state index in [2.05, 4.69) is 12.2 Å². The average molecular weight is 433 g/mol. The van der Waals surface area contributed by atoms with Crippen molar-refractivity contribution in [3.05, 3.63) is 35.1 Å². The Morgan fingerprint density at radius 1 is 1.00 bits per heavy atom. The van der Waals surface area contributed by atoms with Gasteiger partial charge in [-0.3, -0.25) is 4.79 Å². The molecular weight excluding hydrogens is 402 g/mol. The van der Waals surface area contributed by atoms with E-state index in [-0.39, 0.29) is 12.5 Å². The maximum atomic E-state index is 13.5. The van der Waals surface area contributed by atoms with E-state index in [0.717, 1.165) is 19.3 Å². The van der Waals surface area contributed by atoms with E-state index in [4.69, 9.17) is 4.74 Å². The van der Waals surface area contributed by atoms with Gasteiger partial charge in [0.05, 0.1) is 12.2 Å². The third-order valence-corrected chi connectivity index (χ3v) is 4.69. The van der Waals surface area contributed by atoms with Crippen molar-refractivity contribution in [3.63, 3.8) is 0 Å². The number of halogens is 4. The normalized spacial score (nSPS) is 12.7. The van der Waals surface area contributed by atoms with Gasteiger partial charge in [0, 0.05) is 5.56 Å². The maximum absolute atomic E-state index is 13.5. The standard InChI is InChI=1S/C22H31F4NO3/c1-4-5-6-7-8-9-10-11-30-21(29)19(15(2)3)27-20(28)16-12-17(22(24,25)26)14-18(23)13-16/h12-15,19H,4-11H2,1-3H3,(H,27,28). The van der Waals surface area contributed by atoms with Crippen molar-refractivity contribution < 1.29 is 31.9 Å². The van der Waals surface area contributed by atoms with Crippen molar-refractivity contribution in [2.24, 2.45) is 5.92 Å². The monoisotopic (exact) mass is 433 g/mol. The summed E-state index contributed by atoms with van der Waals surface area (Å²) in [5, 5.41) is 2.37. The first-order valence-electron chi connectivity index (χ1n) is 10.4. The van der Waals surface area contributed by atoms with Gasteiger partial charge >= 0.3 is 12.1 Å². The van der Waals surface area contributed by atoms with Crippen LogP contribution in [0.2, 0.25) is 0 Å². The summed E-state index contributed by atoms with van der Waals surface area (Å²) in [4.78, 5) is 24.7. The quantitative estimate of drug-likeness (QED) is 0.254. The molecule has 0 heterocycles. The zero-order valence-corrected chi connectivity index (χ0v) is 17.8. The first-order valence-corrected chi connectivity index (χ1v) is 10.4. The molecular formula is C22H31F4NO3. The van der Waals surface area contributed by atoms with Crippen molar-refractivity contribution in [2.75, 3.05) is 6.61 Å². The van der Waals surface area contributed by atoms with Gasteiger partial charge in [-0.15, -0.1) is 0 Å². The van der Waals surface area contributed by atoms with E-state index in [1.165, 1.54) is 19.3 Å². The maximum Gasteiger partial charge on any atom is 0.416 e. The molecule has 4 nitrogen and oxygen atoms in total. The van der Waals surface area contributed by atoms with Gasteiger partial charge in [-0.25, -0.2) is 9.18 Å². The molecule has 30 heavy (non-hydrogen) atoms. The molecule has 8 heteroatoms. The molecule has 1 aromatic carbocycles. The van der Waals surface area contributed by atoms with Crippen molar-refractivity contribution in [1.29, 1.82) is 0 Å². The third kappa shape index (κ3) is 9.13. The molecule has 1 amide bonds. The molecule has 1 rings (SSSR count). The lowest BCUT2D eigenvalue weighted by Gasteiger charge is -2.21. The minimum atomic E-state index is -4.79. The Balaban J connectivity index is 2.62. The molecule has 1 atom stereocenters. The number of rotatable bonds is 12. The van der Waals surface area contributed by atoms with Gasteiger partial charge in [-0.05, 0) is 30.5 Å². The van der Waals surface area contributed by atoms with E-state index < -0.39 is 41.0 Å². The van der Waals surface area contributed by atoms with E-state index >= 15 is 0 Å². The number of hydrogen-bond donors (Lipinski definition) is 1. The smallest absolute Gasteiger partial charge is 0.416 e. The molecule has 1 aromatic rings. The van der Waals surface area contributed by atoms with Crippen LogP contribution in [-0.4, -0.2) is 24.5 Å². The van der Waals surface area contributed by atoms with E-state index in [1.807, 2.05) is 0 Å². The minimum absolute atomic E-state index is 0.212. The Hall–Kier alpha value is -2.12. The fraction of sp³-hybridized carbons (Fsp3) is 0.636. The Morgan fingerprint density at radius 2 is 1.60 bits per heavy atom. The molecule has 0 aliphatic rings. The summed E-state index contributed by atoms with van der Waals surface area (Å²) in [6.07, 6.45) is 2.61. The molecule has 0 saturated heterocycles. The first kappa shape index (κ1) is 25.9. The van der Waals surface area contributed by atoms with Crippen LogP contribution >= 0.6 is 0 Å². The number of unbranched alkanes of at least 4 members (excludes halogenated alkanes) is 6. The molecule has 0 aromatic heterocycles. The molecule has 0 saturated carbocycles. The Labute approximate surface area is 175 Å². The zero-order valence-electron chi connectivity index (χ0n) is 17.8. The summed E-state index contributed by atoms with van der Waals surface area (Å²) in [5.41, 5.74) is -1.77. The van der Waals surface area contributed by atoms with E-state index in [9.17, 15) is 27.2 Å². The lowest BCUT2D eigenvalue weighted by Crippen LogP contribution is -2.45. The van der Waals surface area contributed by atoms with Crippen LogP contribution in [0.5, 0.6) is 0 Å². The van der Waals surface area contributed by atoms with E-state index in [1.54, 1.807) is 13.8 Å². The van der Waals surface area contributed by atoms with E-state index in [0.29, 0.717) is 24.6 Å². The number of ether oxygens (including phenoxy) is 1. The minimum Gasteiger partial charge on any atom is -0.464 e. The van der Waals surface area contributed by atoms with Gasteiger partial charge in [-0.2, -0.15) is 13.2 Å².